The maximum absolute atomic E-state index is 11.7. The van der Waals surface area contributed by atoms with Crippen molar-refractivity contribution in [1.82, 2.24) is 19.7 Å². The highest BCUT2D eigenvalue weighted by Crippen LogP contribution is 2.18. The molecule has 112 valence electrons. The van der Waals surface area contributed by atoms with Crippen LogP contribution in [0.5, 0.6) is 0 Å². The summed E-state index contributed by atoms with van der Waals surface area (Å²) in [6.07, 6.45) is 10.0. The van der Waals surface area contributed by atoms with E-state index >= 15 is 0 Å². The first-order chi connectivity index (χ1) is 10.2. The van der Waals surface area contributed by atoms with Crippen LogP contribution in [0.15, 0.2) is 30.9 Å². The minimum Gasteiger partial charge on any atom is -0.378 e. The Morgan fingerprint density at radius 2 is 2.29 bits per heavy atom. The van der Waals surface area contributed by atoms with Gasteiger partial charge in [-0.05, 0) is 31.4 Å². The summed E-state index contributed by atoms with van der Waals surface area (Å²) in [7, 11) is 0. The highest BCUT2D eigenvalue weighted by molar-refractivity contribution is 5.76. The summed E-state index contributed by atoms with van der Waals surface area (Å²) in [5, 5.41) is 10.5. The van der Waals surface area contributed by atoms with Gasteiger partial charge in [-0.3, -0.25) is 9.48 Å². The molecule has 21 heavy (non-hydrogen) atoms. The summed E-state index contributed by atoms with van der Waals surface area (Å²) in [5.74, 6) is 0.0344. The third-order valence-electron chi connectivity index (χ3n) is 3.55. The van der Waals surface area contributed by atoms with E-state index < -0.39 is 0 Å². The number of carbonyl (C=O) groups excluding carboxylic acids is 1. The van der Waals surface area contributed by atoms with Gasteiger partial charge in [0.05, 0.1) is 11.9 Å². The number of hydrogen-bond donors (Lipinski definition) is 2. The van der Waals surface area contributed by atoms with Gasteiger partial charge in [0, 0.05) is 37.7 Å². The van der Waals surface area contributed by atoms with E-state index in [2.05, 4.69) is 45.7 Å². The average Bonchev–Trinajstić information content (AvgIpc) is 3.00. The number of nitrogens with one attached hydrogen (secondary N) is 2. The molecule has 1 saturated carbocycles. The van der Waals surface area contributed by atoms with E-state index in [1.165, 1.54) is 5.56 Å². The topological polar surface area (TPSA) is 63.9 Å². The number of hydrogen-bond acceptors (Lipinski definition) is 3. The third kappa shape index (κ3) is 3.87. The number of aromatic nitrogens is 3. The summed E-state index contributed by atoms with van der Waals surface area (Å²) in [4.78, 5) is 11.7. The standard InChI is InChI=1S/C15H21N5O/c1-2-19-6-5-12(9-19)7-16-14-8-17-20(10-14)11-15(21)18-13-3-4-13/h5-6,8-10,13,16H,2-4,7,11H2,1H3,(H,18,21). The zero-order chi connectivity index (χ0) is 14.7. The first kappa shape index (κ1) is 13.7. The second kappa shape index (κ2) is 6.03. The molecule has 1 amide bonds. The Morgan fingerprint density at radius 1 is 1.43 bits per heavy atom. The Labute approximate surface area is 124 Å². The molecule has 2 aromatic rings. The Bertz CT molecular complexity index is 611. The summed E-state index contributed by atoms with van der Waals surface area (Å²) >= 11 is 0. The highest BCUT2D eigenvalue weighted by Gasteiger charge is 2.23. The lowest BCUT2D eigenvalue weighted by Gasteiger charge is -2.03. The van der Waals surface area contributed by atoms with Crippen LogP contribution >= 0.6 is 0 Å². The van der Waals surface area contributed by atoms with Crippen LogP contribution in [0.25, 0.3) is 0 Å². The van der Waals surface area contributed by atoms with Crippen molar-refractivity contribution in [2.45, 2.75) is 45.4 Å². The van der Waals surface area contributed by atoms with Gasteiger partial charge in [-0.25, -0.2) is 0 Å². The second-order valence-corrected chi connectivity index (χ2v) is 5.47. The first-order valence-electron chi connectivity index (χ1n) is 7.43. The zero-order valence-corrected chi connectivity index (χ0v) is 12.2. The van der Waals surface area contributed by atoms with Crippen LogP contribution in [-0.2, 0) is 24.4 Å². The quantitative estimate of drug-likeness (QED) is 0.813. The fourth-order valence-electron chi connectivity index (χ4n) is 2.19. The molecule has 2 aromatic heterocycles. The van der Waals surface area contributed by atoms with Crippen LogP contribution in [0.4, 0.5) is 5.69 Å². The molecule has 6 nitrogen and oxygen atoms in total. The van der Waals surface area contributed by atoms with Gasteiger partial charge in [0.1, 0.15) is 6.54 Å². The normalized spacial score (nSPS) is 14.1. The molecule has 6 heteroatoms. The van der Waals surface area contributed by atoms with Gasteiger partial charge in [0.25, 0.3) is 0 Å². The summed E-state index contributed by atoms with van der Waals surface area (Å²) in [5.41, 5.74) is 2.16. The van der Waals surface area contributed by atoms with Crippen LogP contribution < -0.4 is 10.6 Å². The fourth-order valence-corrected chi connectivity index (χ4v) is 2.19. The second-order valence-electron chi connectivity index (χ2n) is 5.47. The Hall–Kier alpha value is -2.24. The van der Waals surface area contributed by atoms with Crippen molar-refractivity contribution in [3.63, 3.8) is 0 Å². The van der Waals surface area contributed by atoms with Gasteiger partial charge in [0.15, 0.2) is 0 Å². The Morgan fingerprint density at radius 3 is 3.00 bits per heavy atom. The molecule has 0 spiro atoms. The summed E-state index contributed by atoms with van der Waals surface area (Å²) < 4.78 is 3.81. The van der Waals surface area contributed by atoms with E-state index in [1.807, 2.05) is 6.20 Å². The lowest BCUT2D eigenvalue weighted by molar-refractivity contribution is -0.122. The predicted octanol–water partition coefficient (Wildman–Crippen LogP) is 1.60. The zero-order valence-electron chi connectivity index (χ0n) is 12.2. The molecule has 2 N–H and O–H groups in total. The van der Waals surface area contributed by atoms with E-state index in [4.69, 9.17) is 0 Å². The lowest BCUT2D eigenvalue weighted by Crippen LogP contribution is -2.29. The highest BCUT2D eigenvalue weighted by atomic mass is 16.2. The molecule has 0 saturated heterocycles. The predicted molar refractivity (Wildman–Crippen MR) is 80.8 cm³/mol. The molecule has 0 bridgehead atoms. The van der Waals surface area contributed by atoms with Gasteiger partial charge < -0.3 is 15.2 Å². The van der Waals surface area contributed by atoms with E-state index in [0.29, 0.717) is 6.04 Å². The molecule has 0 aliphatic heterocycles. The average molecular weight is 287 g/mol. The SMILES string of the molecule is CCn1ccc(CNc2cnn(CC(=O)NC3CC3)c2)c1. The van der Waals surface area contributed by atoms with Gasteiger partial charge in [-0.2, -0.15) is 5.10 Å². The van der Waals surface area contributed by atoms with E-state index in [-0.39, 0.29) is 12.5 Å². The smallest absolute Gasteiger partial charge is 0.241 e. The molecule has 2 heterocycles. The number of aryl methyl sites for hydroxylation is 1. The van der Waals surface area contributed by atoms with Crippen LogP contribution in [-0.4, -0.2) is 26.3 Å². The van der Waals surface area contributed by atoms with Crippen molar-refractivity contribution >= 4 is 11.6 Å². The van der Waals surface area contributed by atoms with Crippen LogP contribution in [0, 0.1) is 0 Å². The van der Waals surface area contributed by atoms with Crippen LogP contribution in [0.2, 0.25) is 0 Å². The van der Waals surface area contributed by atoms with Crippen molar-refractivity contribution in [2.24, 2.45) is 0 Å². The van der Waals surface area contributed by atoms with Crippen molar-refractivity contribution in [3.05, 3.63) is 36.4 Å². The van der Waals surface area contributed by atoms with Gasteiger partial charge in [0.2, 0.25) is 5.91 Å². The first-order valence-corrected chi connectivity index (χ1v) is 7.43. The Balaban J connectivity index is 1.48. The number of amides is 1. The van der Waals surface area contributed by atoms with Crippen molar-refractivity contribution in [2.75, 3.05) is 5.32 Å². The van der Waals surface area contributed by atoms with Crippen LogP contribution in [0.1, 0.15) is 25.3 Å². The van der Waals surface area contributed by atoms with Gasteiger partial charge in [-0.15, -0.1) is 0 Å². The number of nitrogens with zero attached hydrogens (tertiary/aromatic N) is 3. The molecule has 1 aliphatic carbocycles. The van der Waals surface area contributed by atoms with Crippen molar-refractivity contribution in [3.8, 4) is 0 Å². The minimum atomic E-state index is 0.0344. The number of rotatable bonds is 7. The molecule has 1 fully saturated rings. The summed E-state index contributed by atoms with van der Waals surface area (Å²) in [6.45, 7) is 4.14. The maximum atomic E-state index is 11.7. The maximum Gasteiger partial charge on any atom is 0.241 e. The molecular weight excluding hydrogens is 266 g/mol. The van der Waals surface area contributed by atoms with Crippen LogP contribution in [0.3, 0.4) is 0 Å². The van der Waals surface area contributed by atoms with E-state index in [1.54, 1.807) is 10.9 Å². The molecule has 3 rings (SSSR count). The molecule has 0 aromatic carbocycles. The lowest BCUT2D eigenvalue weighted by atomic mass is 10.3. The minimum absolute atomic E-state index is 0.0344. The molecule has 1 aliphatic rings. The number of anilines is 1. The molecule has 0 atom stereocenters. The number of carbonyl (C=O) groups is 1. The molecule has 0 radical (unpaired) electrons. The van der Waals surface area contributed by atoms with Crippen molar-refractivity contribution in [1.29, 1.82) is 0 Å². The van der Waals surface area contributed by atoms with E-state index in [9.17, 15) is 4.79 Å². The van der Waals surface area contributed by atoms with Gasteiger partial charge in [-0.1, -0.05) is 0 Å². The largest absolute Gasteiger partial charge is 0.378 e. The van der Waals surface area contributed by atoms with Crippen molar-refractivity contribution < 1.29 is 4.79 Å². The molecule has 0 unspecified atom stereocenters. The van der Waals surface area contributed by atoms with E-state index in [0.717, 1.165) is 31.6 Å². The fraction of sp³-hybridized carbons (Fsp3) is 0.467. The monoisotopic (exact) mass is 287 g/mol. The van der Waals surface area contributed by atoms with Gasteiger partial charge >= 0.3 is 0 Å². The Kier molecular flexibility index (Phi) is 3.94. The third-order valence-corrected chi connectivity index (χ3v) is 3.55. The summed E-state index contributed by atoms with van der Waals surface area (Å²) in [6, 6.07) is 2.50. The molecular formula is C15H21N5O.